The molecule has 0 fully saturated rings. The average Bonchev–Trinajstić information content (AvgIpc) is 3.76. The minimum atomic E-state index is -0.422. The topological polar surface area (TPSA) is 114 Å². The predicted molar refractivity (Wildman–Crippen MR) is 361 cm³/mol. The van der Waals surface area contributed by atoms with Crippen molar-refractivity contribution in [3.05, 3.63) is 192 Å². The summed E-state index contributed by atoms with van der Waals surface area (Å²) in [6.45, 7) is 5.91. The summed E-state index contributed by atoms with van der Waals surface area (Å²) >= 11 is 0. The van der Waals surface area contributed by atoms with E-state index in [1.54, 1.807) is 61.0 Å². The molecule has 0 radical (unpaired) electrons. The standard InChI is InChI=1S/C78H96N2O8/c1-3-5-7-9-11-13-15-17-19-21-23-25-27-29-59-83-69-47-35-65(36-48-69)77(81)87-75-43-31-63(32-44-75)61-79-67-39-51-71(52-40-67)85-73-55-57-74(58-56-73)86-72-53-41-68(42-54-72)80-62-64-33-45-76(46-34-64)88-78(82)66-37-49-70(50-38-66)84-60-30-28-26-24-22-20-18-16-14-12-10-8-6-4-2/h31-58,61-62H,3-30,59-60H2,1-2H3. The van der Waals surface area contributed by atoms with E-state index < -0.39 is 11.9 Å². The summed E-state index contributed by atoms with van der Waals surface area (Å²) in [5.41, 5.74) is 4.18. The zero-order valence-corrected chi connectivity index (χ0v) is 52.7. The first kappa shape index (κ1) is 67.5. The van der Waals surface area contributed by atoms with Gasteiger partial charge in [-0.15, -0.1) is 0 Å². The van der Waals surface area contributed by atoms with Gasteiger partial charge in [-0.1, -0.05) is 181 Å². The molecular formula is C78H96N2O8. The van der Waals surface area contributed by atoms with Crippen LogP contribution in [-0.4, -0.2) is 37.6 Å². The molecule has 466 valence electrons. The maximum Gasteiger partial charge on any atom is 0.343 e. The van der Waals surface area contributed by atoms with Crippen LogP contribution in [0.3, 0.4) is 0 Å². The summed E-state index contributed by atoms with van der Waals surface area (Å²) in [5, 5.41) is 0. The molecule has 0 spiro atoms. The molecule has 88 heavy (non-hydrogen) atoms. The van der Waals surface area contributed by atoms with Gasteiger partial charge in [-0.05, 0) is 194 Å². The van der Waals surface area contributed by atoms with Crippen molar-refractivity contribution in [3.63, 3.8) is 0 Å². The van der Waals surface area contributed by atoms with Crippen molar-refractivity contribution < 1.29 is 38.0 Å². The molecule has 0 aliphatic carbocycles. The first-order chi connectivity index (χ1) is 43.4. The van der Waals surface area contributed by atoms with Crippen LogP contribution in [0, 0.1) is 0 Å². The van der Waals surface area contributed by atoms with Gasteiger partial charge in [0.05, 0.1) is 35.7 Å². The molecular weight excluding hydrogens is 1090 g/mol. The van der Waals surface area contributed by atoms with Gasteiger partial charge in [0.2, 0.25) is 0 Å². The Balaban J connectivity index is 0.720. The number of aliphatic imine (C=N–C) groups is 2. The highest BCUT2D eigenvalue weighted by molar-refractivity contribution is 5.92. The Morgan fingerprint density at radius 2 is 0.523 bits per heavy atom. The highest BCUT2D eigenvalue weighted by atomic mass is 16.5. The zero-order chi connectivity index (χ0) is 61.3. The van der Waals surface area contributed by atoms with Crippen molar-refractivity contribution in [2.24, 2.45) is 9.98 Å². The van der Waals surface area contributed by atoms with Crippen LogP contribution >= 0.6 is 0 Å². The summed E-state index contributed by atoms with van der Waals surface area (Å²) < 4.78 is 35.4. The van der Waals surface area contributed by atoms with Crippen molar-refractivity contribution in [1.29, 1.82) is 0 Å². The molecule has 0 aliphatic heterocycles. The van der Waals surface area contributed by atoms with E-state index in [4.69, 9.17) is 28.4 Å². The Hall–Kier alpha value is -7.98. The molecule has 7 aromatic carbocycles. The van der Waals surface area contributed by atoms with E-state index >= 15 is 0 Å². The molecule has 10 heteroatoms. The number of hydrogen-bond acceptors (Lipinski definition) is 10. The van der Waals surface area contributed by atoms with Gasteiger partial charge in [-0.2, -0.15) is 0 Å². The Morgan fingerprint density at radius 1 is 0.284 bits per heavy atom. The predicted octanol–water partition coefficient (Wildman–Crippen LogP) is 22.9. The molecule has 10 nitrogen and oxygen atoms in total. The van der Waals surface area contributed by atoms with Crippen molar-refractivity contribution in [1.82, 2.24) is 0 Å². The molecule has 0 saturated heterocycles. The normalized spacial score (nSPS) is 11.3. The van der Waals surface area contributed by atoms with Crippen molar-refractivity contribution >= 4 is 35.7 Å². The number of carbonyl (C=O) groups excluding carboxylic acids is 2. The number of carbonyl (C=O) groups is 2. The third-order valence-corrected chi connectivity index (χ3v) is 15.6. The molecule has 0 amide bonds. The van der Waals surface area contributed by atoms with E-state index in [9.17, 15) is 9.59 Å². The fraction of sp³-hybridized carbons (Fsp3) is 0.410. The SMILES string of the molecule is CCCCCCCCCCCCCCCCOc1ccc(C(=O)Oc2ccc(C=Nc3ccc(Oc4ccc(Oc5ccc(N=Cc6ccc(OC(=O)c7ccc(OCCCCCCCCCCCCCCCC)cc7)cc6)cc5)cc4)cc3)cc2)cc1. The minimum absolute atomic E-state index is 0.422. The van der Waals surface area contributed by atoms with E-state index in [1.807, 2.05) is 121 Å². The molecule has 0 aromatic heterocycles. The van der Waals surface area contributed by atoms with Crippen LogP contribution in [0.1, 0.15) is 225 Å². The fourth-order valence-corrected chi connectivity index (χ4v) is 10.3. The van der Waals surface area contributed by atoms with Crippen molar-refractivity contribution in [3.8, 4) is 46.0 Å². The highest BCUT2D eigenvalue weighted by Gasteiger charge is 2.12. The van der Waals surface area contributed by atoms with Crippen LogP contribution in [0.5, 0.6) is 46.0 Å². The third-order valence-electron chi connectivity index (χ3n) is 15.6. The smallest absolute Gasteiger partial charge is 0.343 e. The highest BCUT2D eigenvalue weighted by Crippen LogP contribution is 2.30. The number of ether oxygens (including phenoxy) is 6. The van der Waals surface area contributed by atoms with Gasteiger partial charge in [0.15, 0.2) is 0 Å². The average molecular weight is 1190 g/mol. The van der Waals surface area contributed by atoms with Crippen LogP contribution in [0.15, 0.2) is 180 Å². The molecule has 7 aromatic rings. The van der Waals surface area contributed by atoms with Gasteiger partial charge < -0.3 is 28.4 Å². The minimum Gasteiger partial charge on any atom is -0.494 e. The van der Waals surface area contributed by atoms with Crippen LogP contribution in [0.2, 0.25) is 0 Å². The zero-order valence-electron chi connectivity index (χ0n) is 52.7. The van der Waals surface area contributed by atoms with Gasteiger partial charge in [0.1, 0.15) is 46.0 Å². The van der Waals surface area contributed by atoms with Gasteiger partial charge in [-0.3, -0.25) is 9.98 Å². The third kappa shape index (κ3) is 27.4. The Labute approximate surface area is 526 Å². The van der Waals surface area contributed by atoms with E-state index in [0.29, 0.717) is 58.8 Å². The lowest BCUT2D eigenvalue weighted by Gasteiger charge is -2.09. The fourth-order valence-electron chi connectivity index (χ4n) is 10.3. The number of rotatable bonds is 44. The lowest BCUT2D eigenvalue weighted by atomic mass is 10.0. The lowest BCUT2D eigenvalue weighted by molar-refractivity contribution is 0.0725. The summed E-state index contributed by atoms with van der Waals surface area (Å²) in [6, 6.07) is 51.2. The maximum absolute atomic E-state index is 12.9. The second kappa shape index (κ2) is 41.2. The van der Waals surface area contributed by atoms with E-state index in [0.717, 1.165) is 46.8 Å². The number of esters is 2. The van der Waals surface area contributed by atoms with Crippen LogP contribution < -0.4 is 28.4 Å². The summed E-state index contributed by atoms with van der Waals surface area (Å²) in [6.07, 6.45) is 40.7. The molecule has 0 bridgehead atoms. The second-order valence-electron chi connectivity index (χ2n) is 23.0. The molecule has 0 unspecified atom stereocenters. The van der Waals surface area contributed by atoms with E-state index in [2.05, 4.69) is 23.8 Å². The molecule has 0 N–H and O–H groups in total. The Bertz CT molecular complexity index is 2840. The first-order valence-corrected chi connectivity index (χ1v) is 33.2. The van der Waals surface area contributed by atoms with Gasteiger partial charge >= 0.3 is 11.9 Å². The van der Waals surface area contributed by atoms with Crippen LogP contribution in [0.4, 0.5) is 11.4 Å². The van der Waals surface area contributed by atoms with Crippen molar-refractivity contribution in [2.45, 2.75) is 194 Å². The van der Waals surface area contributed by atoms with Crippen LogP contribution in [-0.2, 0) is 0 Å². The number of hydrogen-bond donors (Lipinski definition) is 0. The number of unbranched alkanes of at least 4 members (excludes halogenated alkanes) is 26. The number of nitrogens with zero attached hydrogens (tertiary/aromatic N) is 2. The van der Waals surface area contributed by atoms with E-state index in [-0.39, 0.29) is 0 Å². The largest absolute Gasteiger partial charge is 0.494 e. The lowest BCUT2D eigenvalue weighted by Crippen LogP contribution is -2.08. The van der Waals surface area contributed by atoms with E-state index in [1.165, 1.54) is 167 Å². The maximum atomic E-state index is 12.9. The molecule has 7 rings (SSSR count). The molecule has 0 aliphatic rings. The Kier molecular flexibility index (Phi) is 31.6. The Morgan fingerprint density at radius 3 is 0.807 bits per heavy atom. The van der Waals surface area contributed by atoms with Gasteiger partial charge in [0, 0.05) is 12.4 Å². The van der Waals surface area contributed by atoms with Gasteiger partial charge in [-0.25, -0.2) is 9.59 Å². The summed E-state index contributed by atoms with van der Waals surface area (Å²) in [4.78, 5) is 35.0. The molecule has 0 atom stereocenters. The quantitative estimate of drug-likeness (QED) is 0.0161. The molecule has 0 saturated carbocycles. The number of benzene rings is 7. The molecule has 0 heterocycles. The second-order valence-corrected chi connectivity index (χ2v) is 23.0. The monoisotopic (exact) mass is 1190 g/mol. The summed E-state index contributed by atoms with van der Waals surface area (Å²) in [7, 11) is 0. The van der Waals surface area contributed by atoms with Crippen LogP contribution in [0.25, 0.3) is 0 Å². The first-order valence-electron chi connectivity index (χ1n) is 33.2. The summed E-state index contributed by atoms with van der Waals surface area (Å²) in [5.74, 6) is 4.25. The van der Waals surface area contributed by atoms with Crippen molar-refractivity contribution in [2.75, 3.05) is 13.2 Å². The van der Waals surface area contributed by atoms with Gasteiger partial charge in [0.25, 0.3) is 0 Å².